The third-order valence-corrected chi connectivity index (χ3v) is 7.27. The second-order valence-corrected chi connectivity index (χ2v) is 11.8. The fraction of sp³-hybridized carbons (Fsp3) is 0.476. The zero-order valence-electron chi connectivity index (χ0n) is 31.4. The SMILES string of the molecule is CCCCCc1ccncc1.CCCCCc1ccncc1.CCCCCc1ccncc1.CCCCCc1ccncc1.N#C[S-].N#C[S-].[Co+2]. The number of nitriles is 2. The van der Waals surface area contributed by atoms with Crippen LogP contribution < -0.4 is 0 Å². The Morgan fingerprint density at radius 1 is 0.392 bits per heavy atom. The first-order chi connectivity index (χ1) is 24.6. The average Bonchev–Trinajstić information content (AvgIpc) is 3.15. The molecule has 0 fully saturated rings. The van der Waals surface area contributed by atoms with E-state index < -0.39 is 0 Å². The molecule has 0 N–H and O–H groups in total. The Morgan fingerprint density at radius 2 is 0.549 bits per heavy atom. The monoisotopic (exact) mass is 771 g/mol. The van der Waals surface area contributed by atoms with Gasteiger partial charge >= 0.3 is 16.8 Å². The van der Waals surface area contributed by atoms with Crippen LogP contribution in [0.15, 0.2) is 98.1 Å². The molecule has 51 heavy (non-hydrogen) atoms. The molecule has 0 spiro atoms. The molecule has 0 aliphatic rings. The van der Waals surface area contributed by atoms with Gasteiger partial charge in [-0.2, -0.15) is 0 Å². The predicted octanol–water partition coefficient (Wildman–Crippen LogP) is 11.3. The normalized spacial score (nSPS) is 8.82. The van der Waals surface area contributed by atoms with E-state index in [1.165, 1.54) is 136 Å². The molecule has 4 heterocycles. The van der Waals surface area contributed by atoms with Gasteiger partial charge in [0, 0.05) is 49.6 Å². The summed E-state index contributed by atoms with van der Waals surface area (Å²) in [5, 5.41) is 16.9. The Bertz CT molecular complexity index is 1100. The van der Waals surface area contributed by atoms with E-state index in [9.17, 15) is 0 Å². The number of nitrogens with zero attached hydrogens (tertiary/aromatic N) is 6. The van der Waals surface area contributed by atoms with Crippen LogP contribution >= 0.6 is 0 Å². The van der Waals surface area contributed by atoms with Gasteiger partial charge in [-0.05, 0) is 122 Å². The molecule has 1 radical (unpaired) electrons. The Labute approximate surface area is 332 Å². The number of thiocyanates is 2. The molecule has 0 aliphatic heterocycles. The second-order valence-electron chi connectivity index (χ2n) is 11.4. The van der Waals surface area contributed by atoms with Gasteiger partial charge in [-0.15, -0.1) is 0 Å². The molecule has 0 amide bonds. The topological polar surface area (TPSA) is 99.1 Å². The molecule has 4 rings (SSSR count). The molecule has 0 saturated carbocycles. The van der Waals surface area contributed by atoms with Crippen molar-refractivity contribution >= 4 is 25.3 Å². The van der Waals surface area contributed by atoms with E-state index in [0.29, 0.717) is 0 Å². The summed E-state index contributed by atoms with van der Waals surface area (Å²) >= 11 is 7.40. The van der Waals surface area contributed by atoms with E-state index in [2.05, 4.69) is 121 Å². The maximum absolute atomic E-state index is 7.13. The Balaban J connectivity index is -0.000000568. The van der Waals surface area contributed by atoms with Crippen molar-refractivity contribution in [1.29, 1.82) is 10.5 Å². The molecule has 6 nitrogen and oxygen atoms in total. The van der Waals surface area contributed by atoms with Crippen LogP contribution in [0, 0.1) is 21.3 Å². The summed E-state index contributed by atoms with van der Waals surface area (Å²) in [5.41, 5.74) is 5.64. The van der Waals surface area contributed by atoms with Crippen LogP contribution in [0.3, 0.4) is 0 Å². The van der Waals surface area contributed by atoms with Gasteiger partial charge < -0.3 is 25.3 Å². The maximum Gasteiger partial charge on any atom is 2.00 e. The van der Waals surface area contributed by atoms with Gasteiger partial charge in [-0.1, -0.05) is 89.9 Å². The molecular formula is C42H60CoN6S2. The molecule has 0 bridgehead atoms. The molecular weight excluding hydrogens is 712 g/mol. The van der Waals surface area contributed by atoms with Crippen molar-refractivity contribution in [3.05, 3.63) is 120 Å². The molecule has 9 heteroatoms. The molecule has 0 unspecified atom stereocenters. The molecule has 0 saturated heterocycles. The Morgan fingerprint density at radius 3 is 0.686 bits per heavy atom. The number of hydrogen-bond acceptors (Lipinski definition) is 8. The minimum Gasteiger partial charge on any atom is -0.696 e. The number of hydrogen-bond donors (Lipinski definition) is 0. The minimum absolute atomic E-state index is 0. The Kier molecular flexibility index (Phi) is 45.3. The van der Waals surface area contributed by atoms with Crippen LogP contribution in [0.5, 0.6) is 0 Å². The first-order valence-corrected chi connectivity index (χ1v) is 19.0. The molecule has 4 aromatic heterocycles. The van der Waals surface area contributed by atoms with E-state index in [1.807, 2.05) is 49.6 Å². The van der Waals surface area contributed by atoms with Gasteiger partial charge in [0.25, 0.3) is 0 Å². The van der Waals surface area contributed by atoms with E-state index in [4.69, 9.17) is 10.5 Å². The summed E-state index contributed by atoms with van der Waals surface area (Å²) < 4.78 is 0. The maximum atomic E-state index is 7.13. The smallest absolute Gasteiger partial charge is 0.696 e. The number of aromatic nitrogens is 4. The minimum atomic E-state index is 0. The fourth-order valence-corrected chi connectivity index (χ4v) is 4.51. The van der Waals surface area contributed by atoms with Crippen LogP contribution in [-0.4, -0.2) is 19.9 Å². The standard InChI is InChI=1S/4C10H15N.2CHNS.Co/c4*1-2-3-4-5-10-6-8-11-9-7-10;2*2-1-3;/h4*6-9H,2-5H2,1H3;2*3H;/q;;;;;;+2/p-2. The third-order valence-electron chi connectivity index (χ3n) is 7.27. The zero-order chi connectivity index (χ0) is 37.2. The average molecular weight is 772 g/mol. The van der Waals surface area contributed by atoms with Crippen molar-refractivity contribution in [2.75, 3.05) is 0 Å². The first-order valence-electron chi connectivity index (χ1n) is 18.1. The number of unbranched alkanes of at least 4 members (excludes halogenated alkanes) is 8. The van der Waals surface area contributed by atoms with Gasteiger partial charge in [0.1, 0.15) is 0 Å². The van der Waals surface area contributed by atoms with Gasteiger partial charge in [-0.3, -0.25) is 19.9 Å². The van der Waals surface area contributed by atoms with Gasteiger partial charge in [0.2, 0.25) is 0 Å². The van der Waals surface area contributed by atoms with Crippen LogP contribution in [0.4, 0.5) is 0 Å². The fourth-order valence-electron chi connectivity index (χ4n) is 4.51. The van der Waals surface area contributed by atoms with Crippen molar-refractivity contribution < 1.29 is 16.8 Å². The quantitative estimate of drug-likeness (QED) is 0.0631. The van der Waals surface area contributed by atoms with Crippen molar-refractivity contribution in [2.45, 2.75) is 130 Å². The van der Waals surface area contributed by atoms with E-state index >= 15 is 0 Å². The summed E-state index contributed by atoms with van der Waals surface area (Å²) in [5.74, 6) is 0. The molecule has 279 valence electrons. The first kappa shape index (κ1) is 51.9. The summed E-state index contributed by atoms with van der Waals surface area (Å²) in [7, 11) is 0. The molecule has 0 atom stereocenters. The van der Waals surface area contributed by atoms with Crippen LogP contribution in [0.1, 0.15) is 127 Å². The van der Waals surface area contributed by atoms with Crippen molar-refractivity contribution in [3.8, 4) is 10.8 Å². The Hall–Kier alpha value is -3.47. The predicted molar refractivity (Wildman–Crippen MR) is 216 cm³/mol. The zero-order valence-corrected chi connectivity index (χ0v) is 34.1. The summed E-state index contributed by atoms with van der Waals surface area (Å²) in [6.07, 6.45) is 35.5. The van der Waals surface area contributed by atoms with Crippen LogP contribution in [-0.2, 0) is 67.7 Å². The number of pyridine rings is 4. The van der Waals surface area contributed by atoms with Crippen molar-refractivity contribution in [1.82, 2.24) is 19.9 Å². The summed E-state index contributed by atoms with van der Waals surface area (Å²) in [6.45, 7) is 8.91. The van der Waals surface area contributed by atoms with Gasteiger partial charge in [0.05, 0.1) is 0 Å². The molecule has 0 aliphatic carbocycles. The number of rotatable bonds is 16. The molecule has 0 aromatic carbocycles. The van der Waals surface area contributed by atoms with E-state index in [0.717, 1.165) is 0 Å². The van der Waals surface area contributed by atoms with E-state index in [-0.39, 0.29) is 16.8 Å². The largest absolute Gasteiger partial charge is 2.00 e. The second kappa shape index (κ2) is 44.5. The summed E-state index contributed by atoms with van der Waals surface area (Å²) in [4.78, 5) is 15.9. The van der Waals surface area contributed by atoms with Crippen molar-refractivity contribution in [2.24, 2.45) is 0 Å². The van der Waals surface area contributed by atoms with E-state index in [1.54, 1.807) is 0 Å². The number of aryl methyl sites for hydroxylation is 4. The van der Waals surface area contributed by atoms with Crippen LogP contribution in [0.2, 0.25) is 0 Å². The summed E-state index contributed by atoms with van der Waals surface area (Å²) in [6, 6.07) is 16.7. The van der Waals surface area contributed by atoms with Crippen molar-refractivity contribution in [3.63, 3.8) is 0 Å². The van der Waals surface area contributed by atoms with Crippen LogP contribution in [0.25, 0.3) is 0 Å². The third kappa shape index (κ3) is 39.2. The molecule has 4 aromatic rings. The van der Waals surface area contributed by atoms with Gasteiger partial charge in [-0.25, -0.2) is 10.5 Å². The van der Waals surface area contributed by atoms with Gasteiger partial charge in [0.15, 0.2) is 0 Å².